The Kier molecular flexibility index (Phi) is 8.78. The lowest BCUT2D eigenvalue weighted by molar-refractivity contribution is -0.131. The standard InChI is InChI=1S/C12H15BrO2/c1-11(13)9-7-5-3-2-4-6-8-10-12(14)15/h2-3,5,7-8,10H,1,4,6,9H2,(H,14,15)/b3-2-,7-5-,10-8+. The number of hydrogen-bond acceptors (Lipinski definition) is 1. The third-order valence-corrected chi connectivity index (χ3v) is 1.81. The molecular weight excluding hydrogens is 256 g/mol. The first-order valence-electron chi connectivity index (χ1n) is 4.67. The Morgan fingerprint density at radius 2 is 1.80 bits per heavy atom. The van der Waals surface area contributed by atoms with E-state index in [1.807, 2.05) is 24.3 Å². The first-order valence-corrected chi connectivity index (χ1v) is 5.46. The van der Waals surface area contributed by atoms with Gasteiger partial charge in [-0.05, 0) is 23.7 Å². The Labute approximate surface area is 98.8 Å². The summed E-state index contributed by atoms with van der Waals surface area (Å²) in [5, 5.41) is 8.31. The lowest BCUT2D eigenvalue weighted by atomic mass is 10.2. The minimum atomic E-state index is -0.894. The molecule has 0 aliphatic heterocycles. The minimum Gasteiger partial charge on any atom is -0.478 e. The molecule has 2 nitrogen and oxygen atoms in total. The molecule has 0 amide bonds. The summed E-state index contributed by atoms with van der Waals surface area (Å²) < 4.78 is 0.955. The molecule has 15 heavy (non-hydrogen) atoms. The molecule has 0 radical (unpaired) electrons. The van der Waals surface area contributed by atoms with Crippen molar-refractivity contribution in [3.63, 3.8) is 0 Å². The minimum absolute atomic E-state index is 0.752. The van der Waals surface area contributed by atoms with E-state index in [9.17, 15) is 4.79 Å². The largest absolute Gasteiger partial charge is 0.478 e. The summed E-state index contributed by atoms with van der Waals surface area (Å²) in [6.07, 6.45) is 13.1. The summed E-state index contributed by atoms with van der Waals surface area (Å²) in [5.41, 5.74) is 0. The quantitative estimate of drug-likeness (QED) is 0.434. The van der Waals surface area contributed by atoms with Crippen LogP contribution in [0.25, 0.3) is 0 Å². The number of carbonyl (C=O) groups is 1. The molecule has 1 N–H and O–H groups in total. The van der Waals surface area contributed by atoms with E-state index in [0.717, 1.165) is 23.7 Å². The number of carboxylic acid groups (broad SMARTS) is 1. The SMILES string of the molecule is C=C(Br)C/C=C\C=C/CC/C=C/C(=O)O. The van der Waals surface area contributed by atoms with Gasteiger partial charge >= 0.3 is 5.97 Å². The van der Waals surface area contributed by atoms with E-state index >= 15 is 0 Å². The molecule has 3 heteroatoms. The van der Waals surface area contributed by atoms with Gasteiger partial charge in [0.05, 0.1) is 0 Å². The van der Waals surface area contributed by atoms with Gasteiger partial charge < -0.3 is 5.11 Å². The summed E-state index contributed by atoms with van der Waals surface area (Å²) in [6, 6.07) is 0. The zero-order valence-electron chi connectivity index (χ0n) is 8.53. The first-order chi connectivity index (χ1) is 7.13. The highest BCUT2D eigenvalue weighted by Gasteiger charge is 1.83. The number of rotatable bonds is 7. The normalized spacial score (nSPS) is 11.8. The van der Waals surface area contributed by atoms with Crippen molar-refractivity contribution >= 4 is 21.9 Å². The smallest absolute Gasteiger partial charge is 0.327 e. The van der Waals surface area contributed by atoms with Gasteiger partial charge in [0.15, 0.2) is 0 Å². The highest BCUT2D eigenvalue weighted by atomic mass is 79.9. The molecular formula is C12H15BrO2. The maximum absolute atomic E-state index is 10.1. The van der Waals surface area contributed by atoms with E-state index in [4.69, 9.17) is 5.11 Å². The molecule has 0 saturated carbocycles. The highest BCUT2D eigenvalue weighted by molar-refractivity contribution is 9.11. The predicted octanol–water partition coefficient (Wildman–Crippen LogP) is 3.82. The molecule has 82 valence electrons. The second kappa shape index (κ2) is 9.46. The molecule has 0 aromatic heterocycles. The number of halogens is 1. The van der Waals surface area contributed by atoms with Crippen LogP contribution in [0.2, 0.25) is 0 Å². The van der Waals surface area contributed by atoms with Gasteiger partial charge in [0, 0.05) is 6.08 Å². The molecule has 0 unspecified atom stereocenters. The summed E-state index contributed by atoms with van der Waals surface area (Å²) >= 11 is 3.26. The van der Waals surface area contributed by atoms with Crippen LogP contribution in [-0.2, 0) is 4.79 Å². The van der Waals surface area contributed by atoms with Crippen molar-refractivity contribution in [3.8, 4) is 0 Å². The van der Waals surface area contributed by atoms with Gasteiger partial charge in [-0.25, -0.2) is 4.79 Å². The molecule has 0 heterocycles. The van der Waals surface area contributed by atoms with Crippen LogP contribution in [0.1, 0.15) is 19.3 Å². The number of allylic oxidation sites excluding steroid dienone is 6. The van der Waals surface area contributed by atoms with Crippen LogP contribution in [0, 0.1) is 0 Å². The van der Waals surface area contributed by atoms with E-state index in [-0.39, 0.29) is 0 Å². The average molecular weight is 271 g/mol. The maximum atomic E-state index is 10.1. The lowest BCUT2D eigenvalue weighted by Crippen LogP contribution is -1.84. The van der Waals surface area contributed by atoms with Crippen molar-refractivity contribution < 1.29 is 9.90 Å². The van der Waals surface area contributed by atoms with Crippen LogP contribution in [-0.4, -0.2) is 11.1 Å². The third kappa shape index (κ3) is 12.9. The Hall–Kier alpha value is -1.09. The number of unbranched alkanes of at least 4 members (excludes halogenated alkanes) is 1. The molecule has 0 saturated heterocycles. The van der Waals surface area contributed by atoms with Gasteiger partial charge in [-0.2, -0.15) is 0 Å². The molecule has 0 fully saturated rings. The summed E-state index contributed by atoms with van der Waals surface area (Å²) in [4.78, 5) is 10.1. The van der Waals surface area contributed by atoms with Crippen LogP contribution in [0.15, 0.2) is 47.5 Å². The van der Waals surface area contributed by atoms with Crippen LogP contribution in [0.3, 0.4) is 0 Å². The van der Waals surface area contributed by atoms with Crippen molar-refractivity contribution in [3.05, 3.63) is 47.5 Å². The third-order valence-electron chi connectivity index (χ3n) is 1.48. The zero-order chi connectivity index (χ0) is 11.5. The highest BCUT2D eigenvalue weighted by Crippen LogP contribution is 2.06. The van der Waals surface area contributed by atoms with E-state index < -0.39 is 5.97 Å². The Morgan fingerprint density at radius 3 is 2.40 bits per heavy atom. The topological polar surface area (TPSA) is 37.3 Å². The second-order valence-electron chi connectivity index (χ2n) is 2.90. The van der Waals surface area contributed by atoms with Crippen LogP contribution in [0.4, 0.5) is 0 Å². The summed E-state index contributed by atoms with van der Waals surface area (Å²) in [7, 11) is 0. The van der Waals surface area contributed by atoms with Crippen LogP contribution >= 0.6 is 15.9 Å². The molecule has 0 rings (SSSR count). The maximum Gasteiger partial charge on any atom is 0.327 e. The van der Waals surface area contributed by atoms with Crippen LogP contribution < -0.4 is 0 Å². The number of aliphatic carboxylic acids is 1. The van der Waals surface area contributed by atoms with Crippen LogP contribution in [0.5, 0.6) is 0 Å². The first kappa shape index (κ1) is 13.9. The molecule has 0 aliphatic rings. The van der Waals surface area contributed by atoms with Crippen molar-refractivity contribution in [1.29, 1.82) is 0 Å². The van der Waals surface area contributed by atoms with Crippen molar-refractivity contribution in [2.24, 2.45) is 0 Å². The van der Waals surface area contributed by atoms with Gasteiger partial charge in [0.25, 0.3) is 0 Å². The van der Waals surface area contributed by atoms with Crippen molar-refractivity contribution in [1.82, 2.24) is 0 Å². The zero-order valence-corrected chi connectivity index (χ0v) is 10.1. The van der Waals surface area contributed by atoms with Gasteiger partial charge in [0.1, 0.15) is 0 Å². The van der Waals surface area contributed by atoms with E-state index in [0.29, 0.717) is 0 Å². The van der Waals surface area contributed by atoms with Crippen molar-refractivity contribution in [2.75, 3.05) is 0 Å². The van der Waals surface area contributed by atoms with Gasteiger partial charge in [0.2, 0.25) is 0 Å². The summed E-state index contributed by atoms with van der Waals surface area (Å²) in [6.45, 7) is 3.71. The molecule has 0 spiro atoms. The van der Waals surface area contributed by atoms with Gasteiger partial charge in [-0.3, -0.25) is 0 Å². The Bertz CT molecular complexity index is 288. The monoisotopic (exact) mass is 270 g/mol. The Morgan fingerprint density at radius 1 is 1.20 bits per heavy atom. The number of carboxylic acids is 1. The number of hydrogen-bond donors (Lipinski definition) is 1. The van der Waals surface area contributed by atoms with Gasteiger partial charge in [-0.15, -0.1) is 0 Å². The second-order valence-corrected chi connectivity index (χ2v) is 4.02. The van der Waals surface area contributed by atoms with E-state index in [2.05, 4.69) is 22.5 Å². The lowest BCUT2D eigenvalue weighted by Gasteiger charge is -1.86. The molecule has 0 aromatic rings. The fraction of sp³-hybridized carbons (Fsp3) is 0.250. The fourth-order valence-electron chi connectivity index (χ4n) is 0.826. The predicted molar refractivity (Wildman–Crippen MR) is 67.0 cm³/mol. The van der Waals surface area contributed by atoms with Gasteiger partial charge in [-0.1, -0.05) is 52.9 Å². The Balaban J connectivity index is 3.51. The molecule has 0 aromatic carbocycles. The van der Waals surface area contributed by atoms with E-state index in [1.54, 1.807) is 6.08 Å². The summed E-state index contributed by atoms with van der Waals surface area (Å²) in [5.74, 6) is -0.894. The van der Waals surface area contributed by atoms with E-state index in [1.165, 1.54) is 6.08 Å². The molecule has 0 aliphatic carbocycles. The molecule has 0 bridgehead atoms. The molecule has 0 atom stereocenters. The average Bonchev–Trinajstić information content (AvgIpc) is 2.14. The fourth-order valence-corrected chi connectivity index (χ4v) is 1.01. The van der Waals surface area contributed by atoms with Crippen molar-refractivity contribution in [2.45, 2.75) is 19.3 Å².